The molecule has 3 N–H and O–H groups in total. The van der Waals surface area contributed by atoms with Crippen LogP contribution in [0.25, 0.3) is 0 Å². The fraction of sp³-hybridized carbons (Fsp3) is 0.707. The van der Waals surface area contributed by atoms with Crippen molar-refractivity contribution >= 4 is 19.8 Å². The summed E-state index contributed by atoms with van der Waals surface area (Å²) in [6.45, 7) is 3.51. The van der Waals surface area contributed by atoms with E-state index >= 15 is 0 Å². The molecule has 0 radical (unpaired) electrons. The van der Waals surface area contributed by atoms with Crippen LogP contribution in [0, 0.1) is 0 Å². The van der Waals surface area contributed by atoms with E-state index in [-0.39, 0.29) is 26.2 Å². The van der Waals surface area contributed by atoms with Crippen LogP contribution in [0.3, 0.4) is 0 Å². The highest BCUT2D eigenvalue weighted by molar-refractivity contribution is 7.47. The van der Waals surface area contributed by atoms with Crippen molar-refractivity contribution in [3.05, 3.63) is 60.8 Å². The molecule has 1 unspecified atom stereocenters. The summed E-state index contributed by atoms with van der Waals surface area (Å²) in [6.07, 6.45) is 43.2. The summed E-state index contributed by atoms with van der Waals surface area (Å²) >= 11 is 0. The van der Waals surface area contributed by atoms with Gasteiger partial charge in [0.15, 0.2) is 6.10 Å². The summed E-state index contributed by atoms with van der Waals surface area (Å²) in [5.74, 6) is -1.13. The third-order valence-corrected chi connectivity index (χ3v) is 8.97. The van der Waals surface area contributed by atoms with E-state index in [1.165, 1.54) is 89.5 Å². The van der Waals surface area contributed by atoms with Gasteiger partial charge in [0.2, 0.25) is 0 Å². The molecule has 51 heavy (non-hydrogen) atoms. The van der Waals surface area contributed by atoms with Crippen LogP contribution in [0.4, 0.5) is 0 Å². The average molecular weight is 738 g/mol. The van der Waals surface area contributed by atoms with E-state index in [1.54, 1.807) is 12.2 Å². The minimum Gasteiger partial charge on any atom is -0.462 e. The second-order valence-electron chi connectivity index (χ2n) is 12.9. The minimum absolute atomic E-state index is 0.0332. The smallest absolute Gasteiger partial charge is 0.462 e. The van der Waals surface area contributed by atoms with Crippen LogP contribution in [-0.2, 0) is 32.7 Å². The van der Waals surface area contributed by atoms with Gasteiger partial charge in [-0.05, 0) is 57.8 Å². The third kappa shape index (κ3) is 37.3. The molecule has 0 fully saturated rings. The number of carbonyl (C=O) groups is 2. The number of phosphoric acid groups is 1. The number of esters is 2. The fourth-order valence-electron chi connectivity index (χ4n) is 5.02. The second-order valence-corrected chi connectivity index (χ2v) is 14.3. The summed E-state index contributed by atoms with van der Waals surface area (Å²) in [5.41, 5.74) is 5.32. The second kappa shape index (κ2) is 37.5. The number of carbonyl (C=O) groups excluding carboxylic acids is 2. The first-order valence-electron chi connectivity index (χ1n) is 19.8. The third-order valence-electron chi connectivity index (χ3n) is 7.98. The SMILES string of the molecule is CCCCC/C=C/C/C=C/C/C=C/CCCCC(=O)OC[C@H](COP(=O)(O)OCCN)OC(=O)/C=C/C=C/CCCCCCCCCCCCC. The Labute approximate surface area is 310 Å². The standard InChI is InChI=1S/C41H72NO8P/c1-3-5-7-9-11-13-15-17-19-21-23-25-27-29-31-33-40(43)47-37-39(38-49-51(45,46)48-36-35-42)50-41(44)34-32-30-28-26-24-22-20-18-16-14-12-10-8-6-4-2/h11,13,17,19,23,25,28,30,32,34,39H,3-10,12,14-16,18,20-22,24,26-27,29,31,33,35-38,42H2,1-2H3,(H,45,46)/b13-11+,19-17+,25-23+,30-28+,34-32+/t39-/m1/s1. The molecule has 0 aliphatic rings. The maximum absolute atomic E-state index is 12.4. The Morgan fingerprint density at radius 2 is 1.16 bits per heavy atom. The summed E-state index contributed by atoms with van der Waals surface area (Å²) in [5, 5.41) is 0. The van der Waals surface area contributed by atoms with Crippen LogP contribution in [0.5, 0.6) is 0 Å². The van der Waals surface area contributed by atoms with Crippen molar-refractivity contribution in [2.75, 3.05) is 26.4 Å². The zero-order valence-corrected chi connectivity index (χ0v) is 33.0. The van der Waals surface area contributed by atoms with Crippen LogP contribution >= 0.6 is 7.82 Å². The number of ether oxygens (including phenoxy) is 2. The lowest BCUT2D eigenvalue weighted by Crippen LogP contribution is -2.29. The molecule has 294 valence electrons. The lowest BCUT2D eigenvalue weighted by atomic mass is 10.1. The first-order chi connectivity index (χ1) is 24.8. The Morgan fingerprint density at radius 3 is 1.76 bits per heavy atom. The quantitative estimate of drug-likeness (QED) is 0.0161. The Morgan fingerprint density at radius 1 is 0.647 bits per heavy atom. The summed E-state index contributed by atoms with van der Waals surface area (Å²) in [4.78, 5) is 34.6. The fourth-order valence-corrected chi connectivity index (χ4v) is 5.78. The molecule has 0 aromatic rings. The Kier molecular flexibility index (Phi) is 35.8. The molecule has 0 amide bonds. The topological polar surface area (TPSA) is 134 Å². The van der Waals surface area contributed by atoms with Crippen molar-refractivity contribution in [1.82, 2.24) is 0 Å². The molecule has 0 aliphatic carbocycles. The van der Waals surface area contributed by atoms with Gasteiger partial charge in [-0.25, -0.2) is 9.36 Å². The molecule has 10 heteroatoms. The first-order valence-corrected chi connectivity index (χ1v) is 21.3. The van der Waals surface area contributed by atoms with Crippen LogP contribution < -0.4 is 5.73 Å². The van der Waals surface area contributed by atoms with Crippen molar-refractivity contribution in [3.8, 4) is 0 Å². The highest BCUT2D eigenvalue weighted by atomic mass is 31.2. The van der Waals surface area contributed by atoms with Gasteiger partial charge in [0.1, 0.15) is 6.61 Å². The van der Waals surface area contributed by atoms with Crippen LogP contribution in [-0.4, -0.2) is 49.3 Å². The highest BCUT2D eigenvalue weighted by Gasteiger charge is 2.25. The van der Waals surface area contributed by atoms with E-state index in [2.05, 4.69) is 50.3 Å². The monoisotopic (exact) mass is 737 g/mol. The van der Waals surface area contributed by atoms with Crippen molar-refractivity contribution in [2.24, 2.45) is 5.73 Å². The highest BCUT2D eigenvalue weighted by Crippen LogP contribution is 2.43. The van der Waals surface area contributed by atoms with Gasteiger partial charge < -0.3 is 20.1 Å². The largest absolute Gasteiger partial charge is 0.472 e. The van der Waals surface area contributed by atoms with E-state index < -0.39 is 32.5 Å². The van der Waals surface area contributed by atoms with E-state index in [4.69, 9.17) is 24.3 Å². The number of hydrogen-bond acceptors (Lipinski definition) is 8. The summed E-state index contributed by atoms with van der Waals surface area (Å²) < 4.78 is 32.4. The zero-order chi connectivity index (χ0) is 37.5. The number of rotatable bonds is 36. The molecule has 0 aromatic heterocycles. The van der Waals surface area contributed by atoms with Gasteiger partial charge in [-0.15, -0.1) is 0 Å². The molecule has 0 bridgehead atoms. The average Bonchev–Trinajstić information content (AvgIpc) is 3.11. The van der Waals surface area contributed by atoms with Crippen molar-refractivity contribution in [1.29, 1.82) is 0 Å². The predicted molar refractivity (Wildman–Crippen MR) is 210 cm³/mol. The molecular weight excluding hydrogens is 665 g/mol. The van der Waals surface area contributed by atoms with E-state index in [0.717, 1.165) is 44.9 Å². The molecule has 0 rings (SSSR count). The molecule has 0 aliphatic heterocycles. The molecule has 0 spiro atoms. The number of phosphoric ester groups is 1. The van der Waals surface area contributed by atoms with Gasteiger partial charge in [-0.2, -0.15) is 0 Å². The molecule has 0 aromatic carbocycles. The minimum atomic E-state index is -4.41. The van der Waals surface area contributed by atoms with Crippen molar-refractivity contribution in [3.63, 3.8) is 0 Å². The predicted octanol–water partition coefficient (Wildman–Crippen LogP) is 10.9. The maximum atomic E-state index is 12.4. The van der Waals surface area contributed by atoms with Gasteiger partial charge in [-0.1, -0.05) is 146 Å². The molecule has 0 heterocycles. The van der Waals surface area contributed by atoms with Gasteiger partial charge in [0.05, 0.1) is 13.2 Å². The van der Waals surface area contributed by atoms with Crippen molar-refractivity contribution in [2.45, 2.75) is 161 Å². The van der Waals surface area contributed by atoms with Crippen molar-refractivity contribution < 1.29 is 37.6 Å². The zero-order valence-electron chi connectivity index (χ0n) is 32.1. The number of hydrogen-bond donors (Lipinski definition) is 2. The number of allylic oxidation sites excluding steroid dienone is 9. The van der Waals surface area contributed by atoms with Gasteiger partial charge in [0.25, 0.3) is 0 Å². The van der Waals surface area contributed by atoms with Gasteiger partial charge in [0, 0.05) is 19.0 Å². The molecular formula is C41H72NO8P. The normalized spacial score (nSPS) is 14.0. The number of nitrogens with two attached hydrogens (primary N) is 1. The Hall–Kier alpha value is -2.29. The lowest BCUT2D eigenvalue weighted by Gasteiger charge is -2.19. The summed E-state index contributed by atoms with van der Waals surface area (Å²) in [7, 11) is -4.41. The van der Waals surface area contributed by atoms with E-state index in [1.807, 2.05) is 6.08 Å². The Balaban J connectivity index is 4.39. The molecule has 0 saturated heterocycles. The summed E-state index contributed by atoms with van der Waals surface area (Å²) in [6, 6.07) is 0. The lowest BCUT2D eigenvalue weighted by molar-refractivity contribution is -0.157. The van der Waals surface area contributed by atoms with Crippen LogP contribution in [0.2, 0.25) is 0 Å². The van der Waals surface area contributed by atoms with Gasteiger partial charge in [-0.3, -0.25) is 13.8 Å². The van der Waals surface area contributed by atoms with Crippen LogP contribution in [0.15, 0.2) is 60.8 Å². The Bertz CT molecular complexity index is 1020. The van der Waals surface area contributed by atoms with E-state index in [0.29, 0.717) is 6.42 Å². The number of unbranched alkanes of at least 4 members (excludes halogenated alkanes) is 16. The molecule has 0 saturated carbocycles. The first kappa shape index (κ1) is 48.7. The van der Waals surface area contributed by atoms with Gasteiger partial charge >= 0.3 is 19.8 Å². The van der Waals surface area contributed by atoms with Crippen LogP contribution in [0.1, 0.15) is 155 Å². The van der Waals surface area contributed by atoms with E-state index in [9.17, 15) is 19.0 Å². The maximum Gasteiger partial charge on any atom is 0.472 e. The molecule has 9 nitrogen and oxygen atoms in total. The molecule has 2 atom stereocenters.